The third-order valence-electron chi connectivity index (χ3n) is 4.67. The first-order valence-corrected chi connectivity index (χ1v) is 8.79. The molecule has 2 N–H and O–H groups in total. The van der Waals surface area contributed by atoms with Crippen molar-refractivity contribution in [2.45, 2.75) is 26.1 Å². The summed E-state index contributed by atoms with van der Waals surface area (Å²) in [6.45, 7) is -1.19. The standard InChI is InChI=1S/C20H22F2N2O4/c1-12(18(23)13-6-4-3-5-7-13)19(25)24(2)10-14-8-16-17(27-11-26-16)9-15(14)28-20(21)22/h3-9,12,18,20H,10-11,23H2,1-2H3. The maximum Gasteiger partial charge on any atom is 0.387 e. The number of ether oxygens (including phenoxy) is 3. The predicted octanol–water partition coefficient (Wildman–Crippen LogP) is 3.31. The van der Waals surface area contributed by atoms with Crippen molar-refractivity contribution in [1.82, 2.24) is 4.90 Å². The smallest absolute Gasteiger partial charge is 0.387 e. The van der Waals surface area contributed by atoms with E-state index in [9.17, 15) is 13.6 Å². The third-order valence-corrected chi connectivity index (χ3v) is 4.67. The lowest BCUT2D eigenvalue weighted by atomic mass is 9.94. The lowest BCUT2D eigenvalue weighted by Gasteiger charge is -2.26. The minimum atomic E-state index is -2.99. The van der Waals surface area contributed by atoms with Crippen LogP contribution in [-0.2, 0) is 11.3 Å². The number of nitrogens with two attached hydrogens (primary N) is 1. The number of rotatable bonds is 7. The number of benzene rings is 2. The van der Waals surface area contributed by atoms with Gasteiger partial charge in [0, 0.05) is 31.3 Å². The molecule has 1 heterocycles. The fourth-order valence-corrected chi connectivity index (χ4v) is 3.09. The highest BCUT2D eigenvalue weighted by molar-refractivity contribution is 5.79. The van der Waals surface area contributed by atoms with Crippen molar-refractivity contribution in [3.05, 3.63) is 53.6 Å². The minimum Gasteiger partial charge on any atom is -0.454 e. The van der Waals surface area contributed by atoms with Crippen LogP contribution in [0.1, 0.15) is 24.1 Å². The van der Waals surface area contributed by atoms with Gasteiger partial charge in [0.15, 0.2) is 11.5 Å². The second-order valence-electron chi connectivity index (χ2n) is 6.61. The Hall–Kier alpha value is -2.87. The zero-order chi connectivity index (χ0) is 20.3. The summed E-state index contributed by atoms with van der Waals surface area (Å²) in [6.07, 6.45) is 0. The predicted molar refractivity (Wildman–Crippen MR) is 98.2 cm³/mol. The zero-order valence-corrected chi connectivity index (χ0v) is 15.6. The van der Waals surface area contributed by atoms with Crippen molar-refractivity contribution in [3.8, 4) is 17.2 Å². The second kappa shape index (κ2) is 8.43. The largest absolute Gasteiger partial charge is 0.454 e. The Morgan fingerprint density at radius 2 is 1.86 bits per heavy atom. The van der Waals surface area contributed by atoms with Crippen LogP contribution in [-0.4, -0.2) is 31.3 Å². The lowest BCUT2D eigenvalue weighted by Crippen LogP contribution is -2.36. The molecule has 0 aliphatic carbocycles. The number of halogens is 2. The Labute approximate surface area is 161 Å². The number of carbonyl (C=O) groups excluding carboxylic acids is 1. The number of fused-ring (bicyclic) bond motifs is 1. The van der Waals surface area contributed by atoms with Crippen LogP contribution in [0.15, 0.2) is 42.5 Å². The summed E-state index contributed by atoms with van der Waals surface area (Å²) in [5, 5.41) is 0. The number of carbonyl (C=O) groups is 1. The van der Waals surface area contributed by atoms with Crippen LogP contribution in [0, 0.1) is 5.92 Å². The number of hydrogen-bond acceptors (Lipinski definition) is 5. The fraction of sp³-hybridized carbons (Fsp3) is 0.350. The van der Waals surface area contributed by atoms with Crippen LogP contribution in [0.2, 0.25) is 0 Å². The van der Waals surface area contributed by atoms with Crippen LogP contribution >= 0.6 is 0 Å². The molecule has 0 radical (unpaired) electrons. The molecule has 1 aliphatic heterocycles. The Morgan fingerprint density at radius 1 is 1.21 bits per heavy atom. The summed E-state index contributed by atoms with van der Waals surface area (Å²) in [4.78, 5) is 14.3. The van der Waals surface area contributed by atoms with Gasteiger partial charge in [-0.2, -0.15) is 8.78 Å². The van der Waals surface area contributed by atoms with Crippen molar-refractivity contribution < 1.29 is 27.8 Å². The molecule has 0 aromatic heterocycles. The molecule has 28 heavy (non-hydrogen) atoms. The molecule has 3 rings (SSSR count). The van der Waals surface area contributed by atoms with Gasteiger partial charge in [-0.1, -0.05) is 37.3 Å². The number of nitrogens with zero attached hydrogens (tertiary/aromatic N) is 1. The summed E-state index contributed by atoms with van der Waals surface area (Å²) in [5.74, 6) is -0.0175. The van der Waals surface area contributed by atoms with Crippen LogP contribution in [0.5, 0.6) is 17.2 Å². The highest BCUT2D eigenvalue weighted by atomic mass is 19.3. The highest BCUT2D eigenvalue weighted by Crippen LogP contribution is 2.39. The number of amides is 1. The van der Waals surface area contributed by atoms with E-state index < -0.39 is 18.6 Å². The fourth-order valence-electron chi connectivity index (χ4n) is 3.09. The molecule has 2 aromatic rings. The lowest BCUT2D eigenvalue weighted by molar-refractivity contribution is -0.134. The van der Waals surface area contributed by atoms with E-state index in [2.05, 4.69) is 4.74 Å². The third kappa shape index (κ3) is 4.33. The average Bonchev–Trinajstić information content (AvgIpc) is 3.13. The van der Waals surface area contributed by atoms with Crippen LogP contribution in [0.3, 0.4) is 0 Å². The van der Waals surface area contributed by atoms with Crippen LogP contribution in [0.4, 0.5) is 8.78 Å². The van der Waals surface area contributed by atoms with E-state index in [0.717, 1.165) is 5.56 Å². The van der Waals surface area contributed by atoms with E-state index >= 15 is 0 Å². The Bertz CT molecular complexity index is 832. The maximum absolute atomic E-state index is 12.8. The summed E-state index contributed by atoms with van der Waals surface area (Å²) in [6, 6.07) is 11.7. The first kappa shape index (κ1) is 19.9. The molecule has 2 atom stereocenters. The van der Waals surface area contributed by atoms with E-state index in [1.54, 1.807) is 20.0 Å². The molecular weight excluding hydrogens is 370 g/mol. The van der Waals surface area contributed by atoms with E-state index in [-0.39, 0.29) is 25.0 Å². The monoisotopic (exact) mass is 392 g/mol. The minimum absolute atomic E-state index is 0.00460. The van der Waals surface area contributed by atoms with E-state index in [4.69, 9.17) is 15.2 Å². The Morgan fingerprint density at radius 3 is 2.50 bits per heavy atom. The average molecular weight is 392 g/mol. The summed E-state index contributed by atoms with van der Waals surface area (Å²) >= 11 is 0. The van der Waals surface area contributed by atoms with Gasteiger partial charge in [0.1, 0.15) is 5.75 Å². The van der Waals surface area contributed by atoms with Crippen molar-refractivity contribution in [1.29, 1.82) is 0 Å². The molecular formula is C20H22F2N2O4. The Balaban J connectivity index is 1.76. The topological polar surface area (TPSA) is 74.0 Å². The van der Waals surface area contributed by atoms with Crippen molar-refractivity contribution in [2.24, 2.45) is 11.7 Å². The van der Waals surface area contributed by atoms with Crippen molar-refractivity contribution >= 4 is 5.91 Å². The molecule has 2 unspecified atom stereocenters. The van der Waals surface area contributed by atoms with Crippen molar-refractivity contribution in [3.63, 3.8) is 0 Å². The first-order chi connectivity index (χ1) is 13.4. The molecule has 0 spiro atoms. The highest BCUT2D eigenvalue weighted by Gasteiger charge is 2.27. The van der Waals surface area contributed by atoms with Crippen LogP contribution in [0.25, 0.3) is 0 Å². The van der Waals surface area contributed by atoms with E-state index in [1.807, 2.05) is 30.3 Å². The second-order valence-corrected chi connectivity index (χ2v) is 6.61. The van der Waals surface area contributed by atoms with Crippen molar-refractivity contribution in [2.75, 3.05) is 13.8 Å². The number of alkyl halides is 2. The molecule has 1 aliphatic rings. The molecule has 6 nitrogen and oxygen atoms in total. The van der Waals surface area contributed by atoms with Gasteiger partial charge in [0.2, 0.25) is 12.7 Å². The summed E-state index contributed by atoms with van der Waals surface area (Å²) in [7, 11) is 1.59. The zero-order valence-electron chi connectivity index (χ0n) is 15.6. The van der Waals surface area contributed by atoms with Crippen LogP contribution < -0.4 is 19.9 Å². The molecule has 150 valence electrons. The quantitative estimate of drug-likeness (QED) is 0.783. The van der Waals surface area contributed by atoms with Gasteiger partial charge in [0.05, 0.1) is 5.92 Å². The summed E-state index contributed by atoms with van der Waals surface area (Å²) in [5.41, 5.74) is 7.47. The molecule has 1 amide bonds. The normalized spacial score (nSPS) is 14.6. The van der Waals surface area contributed by atoms with Gasteiger partial charge in [-0.15, -0.1) is 0 Å². The van der Waals surface area contributed by atoms with E-state index in [1.165, 1.54) is 11.0 Å². The first-order valence-electron chi connectivity index (χ1n) is 8.79. The molecule has 0 fully saturated rings. The molecule has 0 saturated carbocycles. The molecule has 0 bridgehead atoms. The number of hydrogen-bond donors (Lipinski definition) is 1. The van der Waals surface area contributed by atoms with Gasteiger partial charge in [-0.3, -0.25) is 4.79 Å². The van der Waals surface area contributed by atoms with Gasteiger partial charge in [0.25, 0.3) is 0 Å². The van der Waals surface area contributed by atoms with Gasteiger partial charge in [-0.05, 0) is 11.6 Å². The van der Waals surface area contributed by atoms with Gasteiger partial charge >= 0.3 is 6.61 Å². The molecule has 2 aromatic carbocycles. The molecule has 8 heteroatoms. The van der Waals surface area contributed by atoms with Gasteiger partial charge in [-0.25, -0.2) is 0 Å². The maximum atomic E-state index is 12.8. The molecule has 0 saturated heterocycles. The van der Waals surface area contributed by atoms with Gasteiger partial charge < -0.3 is 24.8 Å². The Kier molecular flexibility index (Phi) is 5.99. The SMILES string of the molecule is CC(C(=O)N(C)Cc1cc2c(cc1OC(F)F)OCO2)C(N)c1ccccc1. The van der Waals surface area contributed by atoms with E-state index in [0.29, 0.717) is 17.1 Å². The summed E-state index contributed by atoms with van der Waals surface area (Å²) < 4.78 is 40.7.